The van der Waals surface area contributed by atoms with Crippen LogP contribution in [0.4, 0.5) is 41.1 Å². The van der Waals surface area contributed by atoms with Gasteiger partial charge in [-0.3, -0.25) is 0 Å². The van der Waals surface area contributed by atoms with E-state index in [-0.39, 0.29) is 0 Å². The number of ether oxygens (including phenoxy) is 4. The molecular weight excluding hydrogens is 600 g/mol. The summed E-state index contributed by atoms with van der Waals surface area (Å²) in [5, 5.41) is 0. The van der Waals surface area contributed by atoms with Gasteiger partial charge in [0, 0.05) is 37.9 Å². The van der Waals surface area contributed by atoms with E-state index in [9.17, 15) is 0 Å². The van der Waals surface area contributed by atoms with Crippen LogP contribution in [0, 0.1) is 0 Å². The van der Waals surface area contributed by atoms with Gasteiger partial charge in [-0.15, -0.1) is 0 Å². The highest BCUT2D eigenvalue weighted by molar-refractivity contribution is 5.72. The van der Waals surface area contributed by atoms with E-state index in [2.05, 4.69) is 19.9 Å². The second-order valence-electron chi connectivity index (χ2n) is 10.1. The zero-order valence-electron chi connectivity index (χ0n) is 25.9. The van der Waals surface area contributed by atoms with E-state index >= 15 is 0 Å². The van der Waals surface area contributed by atoms with Gasteiger partial charge in [-0.25, -0.2) is 29.7 Å². The van der Waals surface area contributed by atoms with Crippen molar-refractivity contribution >= 4 is 41.1 Å². The minimum atomic E-state index is 0.304. The van der Waals surface area contributed by atoms with E-state index in [4.69, 9.17) is 33.9 Å². The first kappa shape index (κ1) is 31.8. The summed E-state index contributed by atoms with van der Waals surface area (Å²) < 4.78 is 23.0. The Kier molecular flexibility index (Phi) is 11.5. The summed E-state index contributed by atoms with van der Waals surface area (Å²) in [5.41, 5.74) is 0. The third-order valence-electron chi connectivity index (χ3n) is 6.92. The van der Waals surface area contributed by atoms with Crippen molar-refractivity contribution in [1.82, 2.24) is 34.9 Å². The Morgan fingerprint density at radius 3 is 1.09 bits per heavy atom. The maximum atomic E-state index is 5.91. The second kappa shape index (κ2) is 17.0. The molecule has 1 aliphatic rings. The van der Waals surface area contributed by atoms with Gasteiger partial charge in [-0.05, 0) is 48.5 Å². The number of hydrogen-bond donors (Lipinski definition) is 0. The monoisotopic (exact) mass is 636 g/mol. The molecular formula is C33H36N10O4. The summed E-state index contributed by atoms with van der Waals surface area (Å²) in [6.07, 6.45) is 6.86. The van der Waals surface area contributed by atoms with Crippen LogP contribution in [0.25, 0.3) is 0 Å². The maximum Gasteiger partial charge on any atom is 0.243 e. The molecule has 5 aromatic rings. The fourth-order valence-corrected chi connectivity index (χ4v) is 4.70. The number of hydrogen-bond acceptors (Lipinski definition) is 14. The standard InChI is InChI=1S/C33H36N10O4/c1-5-13-34-27(9-1)42(28-10-2-6-14-35-28)32-38-31(41-17-19-44-21-23-46-25-26-47-24-22-45-20-18-41)39-33(40-32)43(29-11-3-7-15-36-29)30-12-4-8-16-37-30/h1-16H,17-26H2. The number of pyridine rings is 4. The van der Waals surface area contributed by atoms with Crippen LogP contribution in [0.1, 0.15) is 0 Å². The van der Waals surface area contributed by atoms with Gasteiger partial charge in [0.05, 0.1) is 52.9 Å². The molecule has 14 nitrogen and oxygen atoms in total. The normalized spacial score (nSPS) is 15.3. The van der Waals surface area contributed by atoms with Gasteiger partial charge in [0.15, 0.2) is 0 Å². The summed E-state index contributed by atoms with van der Waals surface area (Å²) in [6, 6.07) is 22.5. The lowest BCUT2D eigenvalue weighted by atomic mass is 10.3. The summed E-state index contributed by atoms with van der Waals surface area (Å²) in [7, 11) is 0. The Balaban J connectivity index is 1.47. The Labute approximate surface area is 273 Å². The third-order valence-corrected chi connectivity index (χ3v) is 6.92. The minimum absolute atomic E-state index is 0.304. The minimum Gasteiger partial charge on any atom is -0.377 e. The first-order valence-electron chi connectivity index (χ1n) is 15.4. The molecule has 14 heteroatoms. The maximum absolute atomic E-state index is 5.91. The fraction of sp³-hybridized carbons (Fsp3) is 0.303. The Morgan fingerprint density at radius 2 is 0.766 bits per heavy atom. The topological polar surface area (TPSA) is 137 Å². The number of anilines is 7. The van der Waals surface area contributed by atoms with Crippen molar-refractivity contribution in [3.8, 4) is 0 Å². The summed E-state index contributed by atoms with van der Waals surface area (Å²) in [4.78, 5) is 39.2. The molecule has 1 aliphatic heterocycles. The van der Waals surface area contributed by atoms with Crippen LogP contribution in [0.15, 0.2) is 97.6 Å². The zero-order chi connectivity index (χ0) is 31.9. The largest absolute Gasteiger partial charge is 0.377 e. The molecule has 0 spiro atoms. The first-order valence-corrected chi connectivity index (χ1v) is 15.4. The summed E-state index contributed by atoms with van der Waals surface area (Å²) in [5.74, 6) is 3.35. The van der Waals surface area contributed by atoms with Crippen LogP contribution < -0.4 is 14.7 Å². The van der Waals surface area contributed by atoms with E-state index in [0.29, 0.717) is 107 Å². The van der Waals surface area contributed by atoms with Gasteiger partial charge in [0.2, 0.25) is 17.8 Å². The molecule has 1 saturated heterocycles. The van der Waals surface area contributed by atoms with Crippen molar-refractivity contribution < 1.29 is 18.9 Å². The second-order valence-corrected chi connectivity index (χ2v) is 10.1. The molecule has 0 aromatic carbocycles. The molecule has 0 atom stereocenters. The molecule has 6 rings (SSSR count). The molecule has 0 radical (unpaired) electrons. The van der Waals surface area contributed by atoms with Crippen LogP contribution >= 0.6 is 0 Å². The van der Waals surface area contributed by atoms with Crippen LogP contribution in [-0.4, -0.2) is 101 Å². The van der Waals surface area contributed by atoms with Crippen LogP contribution in [0.2, 0.25) is 0 Å². The summed E-state index contributed by atoms with van der Waals surface area (Å²) in [6.45, 7) is 4.71. The molecule has 0 amide bonds. The molecule has 242 valence electrons. The van der Waals surface area contributed by atoms with Crippen LogP contribution in [0.3, 0.4) is 0 Å². The van der Waals surface area contributed by atoms with Crippen molar-refractivity contribution in [3.05, 3.63) is 97.6 Å². The molecule has 47 heavy (non-hydrogen) atoms. The van der Waals surface area contributed by atoms with Crippen molar-refractivity contribution in [2.45, 2.75) is 0 Å². The summed E-state index contributed by atoms with van der Waals surface area (Å²) >= 11 is 0. The van der Waals surface area contributed by atoms with E-state index in [0.717, 1.165) is 0 Å². The first-order chi connectivity index (χ1) is 23.4. The highest BCUT2D eigenvalue weighted by atomic mass is 16.6. The average Bonchev–Trinajstić information content (AvgIpc) is 3.14. The van der Waals surface area contributed by atoms with Gasteiger partial charge in [-0.1, -0.05) is 24.3 Å². The van der Waals surface area contributed by atoms with Crippen molar-refractivity contribution in [2.75, 3.05) is 80.6 Å². The van der Waals surface area contributed by atoms with Gasteiger partial charge in [-0.2, -0.15) is 15.0 Å². The molecule has 0 bridgehead atoms. The van der Waals surface area contributed by atoms with Gasteiger partial charge in [0.25, 0.3) is 0 Å². The quantitative estimate of drug-likeness (QED) is 0.251. The Hall–Kier alpha value is -5.15. The van der Waals surface area contributed by atoms with Crippen molar-refractivity contribution in [2.24, 2.45) is 0 Å². The van der Waals surface area contributed by atoms with E-state index in [1.165, 1.54) is 0 Å². The van der Waals surface area contributed by atoms with Crippen LogP contribution in [0.5, 0.6) is 0 Å². The van der Waals surface area contributed by atoms with E-state index in [1.807, 2.05) is 77.7 Å². The molecule has 6 heterocycles. The van der Waals surface area contributed by atoms with Crippen molar-refractivity contribution in [1.29, 1.82) is 0 Å². The van der Waals surface area contributed by atoms with Gasteiger partial charge in [0.1, 0.15) is 23.3 Å². The average molecular weight is 637 g/mol. The Bertz CT molecular complexity index is 1430. The SMILES string of the molecule is c1ccc(N(c2ccccn2)c2nc(N3CCOCCOCCOCCOCC3)nc(N(c3ccccn3)c3ccccn3)n2)nc1. The lowest BCUT2D eigenvalue weighted by molar-refractivity contribution is 0.00206. The molecule has 1 fully saturated rings. The van der Waals surface area contributed by atoms with Crippen molar-refractivity contribution in [3.63, 3.8) is 0 Å². The predicted molar refractivity (Wildman–Crippen MR) is 176 cm³/mol. The molecule has 0 aliphatic carbocycles. The molecule has 5 aromatic heterocycles. The van der Waals surface area contributed by atoms with Gasteiger partial charge < -0.3 is 23.8 Å². The lowest BCUT2D eigenvalue weighted by Gasteiger charge is -2.28. The molecule has 0 unspecified atom stereocenters. The lowest BCUT2D eigenvalue weighted by Crippen LogP contribution is -2.34. The highest BCUT2D eigenvalue weighted by Gasteiger charge is 2.26. The van der Waals surface area contributed by atoms with Gasteiger partial charge >= 0.3 is 0 Å². The molecule has 0 saturated carbocycles. The van der Waals surface area contributed by atoms with E-state index in [1.54, 1.807) is 34.6 Å². The smallest absolute Gasteiger partial charge is 0.243 e. The predicted octanol–water partition coefficient (Wildman–Crippen LogP) is 4.28. The Morgan fingerprint density at radius 1 is 0.426 bits per heavy atom. The molecule has 0 N–H and O–H groups in total. The van der Waals surface area contributed by atoms with Crippen LogP contribution in [-0.2, 0) is 18.9 Å². The highest BCUT2D eigenvalue weighted by Crippen LogP contribution is 2.34. The third kappa shape index (κ3) is 8.77. The number of rotatable bonds is 7. The fourth-order valence-electron chi connectivity index (χ4n) is 4.70. The number of aromatic nitrogens is 7. The number of nitrogens with zero attached hydrogens (tertiary/aromatic N) is 10. The van der Waals surface area contributed by atoms with E-state index < -0.39 is 0 Å². The zero-order valence-corrected chi connectivity index (χ0v) is 25.9.